The van der Waals surface area contributed by atoms with Crippen molar-refractivity contribution < 1.29 is 17.9 Å². The van der Waals surface area contributed by atoms with E-state index in [1.54, 1.807) is 12.1 Å². The first kappa shape index (κ1) is 16.0. The first-order valence-electron chi connectivity index (χ1n) is 7.19. The number of esters is 1. The van der Waals surface area contributed by atoms with E-state index in [9.17, 15) is 13.2 Å². The number of carbonyl (C=O) groups is 1. The molecule has 1 aromatic rings. The van der Waals surface area contributed by atoms with E-state index >= 15 is 0 Å². The van der Waals surface area contributed by atoms with Crippen molar-refractivity contribution in [1.82, 2.24) is 4.72 Å². The van der Waals surface area contributed by atoms with Crippen molar-refractivity contribution in [2.24, 2.45) is 0 Å². The molecule has 5 nitrogen and oxygen atoms in total. The van der Waals surface area contributed by atoms with Gasteiger partial charge in [0, 0.05) is 0 Å². The fraction of sp³-hybridized carbons (Fsp3) is 0.533. The smallest absolute Gasteiger partial charge is 0.320 e. The third kappa shape index (κ3) is 4.28. The van der Waals surface area contributed by atoms with Gasteiger partial charge in [-0.1, -0.05) is 31.4 Å². The molecular formula is C15H21NO4S. The highest BCUT2D eigenvalue weighted by atomic mass is 32.2. The summed E-state index contributed by atoms with van der Waals surface area (Å²) in [7, 11) is -2.45. The van der Waals surface area contributed by atoms with E-state index < -0.39 is 16.0 Å². The Hall–Kier alpha value is -1.40. The van der Waals surface area contributed by atoms with Crippen LogP contribution < -0.4 is 4.72 Å². The van der Waals surface area contributed by atoms with Crippen LogP contribution in [0.5, 0.6) is 0 Å². The Morgan fingerprint density at radius 1 is 1.19 bits per heavy atom. The lowest BCUT2D eigenvalue weighted by Crippen LogP contribution is -2.30. The van der Waals surface area contributed by atoms with Crippen LogP contribution in [0, 0.1) is 0 Å². The molecule has 0 bridgehead atoms. The van der Waals surface area contributed by atoms with Gasteiger partial charge in [0.05, 0.1) is 12.0 Å². The Morgan fingerprint density at radius 3 is 2.38 bits per heavy atom. The Morgan fingerprint density at radius 2 is 1.81 bits per heavy atom. The van der Waals surface area contributed by atoms with Crippen LogP contribution in [0.3, 0.4) is 0 Å². The van der Waals surface area contributed by atoms with Crippen LogP contribution in [0.25, 0.3) is 0 Å². The Bertz CT molecular complexity index is 574. The van der Waals surface area contributed by atoms with Gasteiger partial charge in [0.2, 0.25) is 10.0 Å². The number of hydrogen-bond acceptors (Lipinski definition) is 4. The van der Waals surface area contributed by atoms with Crippen molar-refractivity contribution in [3.8, 4) is 0 Å². The van der Waals surface area contributed by atoms with Gasteiger partial charge >= 0.3 is 5.97 Å². The van der Waals surface area contributed by atoms with Crippen molar-refractivity contribution in [2.75, 3.05) is 13.7 Å². The van der Waals surface area contributed by atoms with Crippen LogP contribution in [0.1, 0.15) is 43.6 Å². The van der Waals surface area contributed by atoms with E-state index in [1.807, 2.05) is 12.1 Å². The van der Waals surface area contributed by atoms with E-state index in [0.717, 1.165) is 0 Å². The normalized spacial score (nSPS) is 16.6. The van der Waals surface area contributed by atoms with Gasteiger partial charge in [0.1, 0.15) is 6.54 Å². The van der Waals surface area contributed by atoms with Gasteiger partial charge in [-0.25, -0.2) is 8.42 Å². The summed E-state index contributed by atoms with van der Waals surface area (Å²) in [5, 5.41) is 0. The average Bonchev–Trinajstić information content (AvgIpc) is 2.53. The Kier molecular flexibility index (Phi) is 5.36. The number of benzene rings is 1. The van der Waals surface area contributed by atoms with Crippen LogP contribution in [-0.2, 0) is 19.6 Å². The molecule has 1 aliphatic carbocycles. The molecule has 0 atom stereocenters. The molecule has 6 heteroatoms. The average molecular weight is 311 g/mol. The zero-order chi connectivity index (χ0) is 15.3. The van der Waals surface area contributed by atoms with Gasteiger partial charge in [-0.3, -0.25) is 4.79 Å². The monoisotopic (exact) mass is 311 g/mol. The zero-order valence-corrected chi connectivity index (χ0v) is 13.0. The van der Waals surface area contributed by atoms with E-state index in [1.165, 1.54) is 44.8 Å². The minimum atomic E-state index is -3.66. The van der Waals surface area contributed by atoms with Crippen molar-refractivity contribution >= 4 is 16.0 Å². The van der Waals surface area contributed by atoms with Crippen LogP contribution in [0.15, 0.2) is 29.2 Å². The SMILES string of the molecule is COC(=O)CNS(=O)(=O)c1ccc(C2CCCCC2)cc1. The van der Waals surface area contributed by atoms with Gasteiger partial charge in [0.25, 0.3) is 0 Å². The number of nitrogens with one attached hydrogen (secondary N) is 1. The fourth-order valence-electron chi connectivity index (χ4n) is 2.66. The molecule has 0 spiro atoms. The van der Waals surface area contributed by atoms with Gasteiger partial charge in [0.15, 0.2) is 0 Å². The topological polar surface area (TPSA) is 72.5 Å². The van der Waals surface area contributed by atoms with Crippen LogP contribution in [-0.4, -0.2) is 28.0 Å². The van der Waals surface area contributed by atoms with E-state index in [0.29, 0.717) is 5.92 Å². The summed E-state index contributed by atoms with van der Waals surface area (Å²) in [6.45, 7) is -0.358. The summed E-state index contributed by atoms with van der Waals surface area (Å²) >= 11 is 0. The first-order chi connectivity index (χ1) is 10.0. The van der Waals surface area contributed by atoms with Crippen molar-refractivity contribution in [2.45, 2.75) is 42.9 Å². The van der Waals surface area contributed by atoms with E-state index in [4.69, 9.17) is 0 Å². The second-order valence-corrected chi connectivity index (χ2v) is 7.07. The summed E-state index contributed by atoms with van der Waals surface area (Å²) in [6, 6.07) is 6.96. The molecule has 116 valence electrons. The van der Waals surface area contributed by atoms with Crippen molar-refractivity contribution in [3.63, 3.8) is 0 Å². The molecule has 0 amide bonds. The lowest BCUT2D eigenvalue weighted by atomic mass is 9.84. The number of methoxy groups -OCH3 is 1. The molecule has 0 saturated heterocycles. The van der Waals surface area contributed by atoms with Gasteiger partial charge in [-0.05, 0) is 36.5 Å². The maximum atomic E-state index is 12.0. The maximum Gasteiger partial charge on any atom is 0.320 e. The van der Waals surface area contributed by atoms with Crippen molar-refractivity contribution in [3.05, 3.63) is 29.8 Å². The molecule has 0 aromatic heterocycles. The largest absolute Gasteiger partial charge is 0.468 e. The number of ether oxygens (including phenoxy) is 1. The molecule has 0 aliphatic heterocycles. The van der Waals surface area contributed by atoms with E-state index in [2.05, 4.69) is 9.46 Å². The lowest BCUT2D eigenvalue weighted by molar-refractivity contribution is -0.139. The fourth-order valence-corrected chi connectivity index (χ4v) is 3.63. The van der Waals surface area contributed by atoms with Gasteiger partial charge in [-0.15, -0.1) is 0 Å². The molecule has 0 radical (unpaired) electrons. The quantitative estimate of drug-likeness (QED) is 0.846. The third-order valence-corrected chi connectivity index (χ3v) is 5.32. The summed E-state index contributed by atoms with van der Waals surface area (Å²) < 4.78 is 30.7. The zero-order valence-electron chi connectivity index (χ0n) is 12.2. The molecule has 1 aliphatic rings. The molecule has 0 heterocycles. The molecule has 1 N–H and O–H groups in total. The molecule has 21 heavy (non-hydrogen) atoms. The molecule has 1 fully saturated rings. The minimum absolute atomic E-state index is 0.172. The first-order valence-corrected chi connectivity index (χ1v) is 8.67. The highest BCUT2D eigenvalue weighted by Crippen LogP contribution is 2.32. The van der Waals surface area contributed by atoms with Gasteiger partial charge in [-0.2, -0.15) is 4.72 Å². The predicted octanol–water partition coefficient (Wildman–Crippen LogP) is 2.19. The second-order valence-electron chi connectivity index (χ2n) is 5.30. The second kappa shape index (κ2) is 7.04. The number of sulfonamides is 1. The Balaban J connectivity index is 2.05. The molecule has 2 rings (SSSR count). The minimum Gasteiger partial charge on any atom is -0.468 e. The molecular weight excluding hydrogens is 290 g/mol. The summed E-state index contributed by atoms with van der Waals surface area (Å²) in [4.78, 5) is 11.2. The standard InChI is InChI=1S/C15H21NO4S/c1-20-15(17)11-16-21(18,19)14-9-7-13(8-10-14)12-5-3-2-4-6-12/h7-10,12,16H,2-6,11H2,1H3. The third-order valence-electron chi connectivity index (χ3n) is 3.90. The Labute approximate surface area is 125 Å². The lowest BCUT2D eigenvalue weighted by Gasteiger charge is -2.22. The molecule has 0 unspecified atom stereocenters. The van der Waals surface area contributed by atoms with Crippen molar-refractivity contribution in [1.29, 1.82) is 0 Å². The maximum absolute atomic E-state index is 12.0. The van der Waals surface area contributed by atoms with Crippen LogP contribution in [0.2, 0.25) is 0 Å². The number of rotatable bonds is 5. The summed E-state index contributed by atoms with van der Waals surface area (Å²) in [5.74, 6) is -0.0732. The highest BCUT2D eigenvalue weighted by Gasteiger charge is 2.18. The molecule has 1 aromatic carbocycles. The van der Waals surface area contributed by atoms with Gasteiger partial charge < -0.3 is 4.74 Å². The number of hydrogen-bond donors (Lipinski definition) is 1. The predicted molar refractivity (Wildman–Crippen MR) is 79.5 cm³/mol. The van der Waals surface area contributed by atoms with E-state index in [-0.39, 0.29) is 11.4 Å². The highest BCUT2D eigenvalue weighted by molar-refractivity contribution is 7.89. The summed E-state index contributed by atoms with van der Waals surface area (Å²) in [6.07, 6.45) is 6.12. The number of carbonyl (C=O) groups excluding carboxylic acids is 1. The van der Waals surface area contributed by atoms with Crippen LogP contribution >= 0.6 is 0 Å². The summed E-state index contributed by atoms with van der Waals surface area (Å²) in [5.41, 5.74) is 1.20. The molecule has 1 saturated carbocycles. The van der Waals surface area contributed by atoms with Crippen LogP contribution in [0.4, 0.5) is 0 Å².